The Morgan fingerprint density at radius 1 is 1.62 bits per heavy atom. The Hall–Kier alpha value is -1.60. The van der Waals surface area contributed by atoms with Crippen LogP contribution in [0.4, 0.5) is 5.82 Å². The number of aliphatic hydroxyl groups excluding tert-OH is 1. The molecule has 0 aromatic carbocycles. The van der Waals surface area contributed by atoms with Crippen LogP contribution in [-0.2, 0) is 0 Å². The highest BCUT2D eigenvalue weighted by Crippen LogP contribution is 2.24. The first-order valence-electron chi connectivity index (χ1n) is 5.51. The van der Waals surface area contributed by atoms with Crippen molar-refractivity contribution in [3.8, 4) is 6.07 Å². The number of anilines is 1. The zero-order chi connectivity index (χ0) is 11.5. The molecule has 1 aliphatic rings. The van der Waals surface area contributed by atoms with E-state index in [4.69, 9.17) is 5.26 Å². The van der Waals surface area contributed by atoms with Gasteiger partial charge in [-0.2, -0.15) is 5.26 Å². The van der Waals surface area contributed by atoms with Gasteiger partial charge < -0.3 is 10.0 Å². The summed E-state index contributed by atoms with van der Waals surface area (Å²) in [6.07, 6.45) is 0.708. The van der Waals surface area contributed by atoms with Crippen LogP contribution in [0.5, 0.6) is 0 Å². The summed E-state index contributed by atoms with van der Waals surface area (Å²) in [7, 11) is 0. The molecule has 0 saturated carbocycles. The smallest absolute Gasteiger partial charge is 0.142 e. The van der Waals surface area contributed by atoms with Crippen molar-refractivity contribution < 1.29 is 5.11 Å². The molecular weight excluding hydrogens is 202 g/mol. The first-order chi connectivity index (χ1) is 7.70. The monoisotopic (exact) mass is 217 g/mol. The fraction of sp³-hybridized carbons (Fsp3) is 0.500. The average molecular weight is 217 g/mol. The third-order valence-corrected chi connectivity index (χ3v) is 3.08. The SMILES string of the molecule is CC(O)C1CCN(c2cccc(C#N)n2)C1. The van der Waals surface area contributed by atoms with Crippen LogP contribution in [0, 0.1) is 17.2 Å². The predicted octanol–water partition coefficient (Wildman–Crippen LogP) is 1.16. The number of hydrogen-bond donors (Lipinski definition) is 1. The lowest BCUT2D eigenvalue weighted by Gasteiger charge is -2.18. The van der Waals surface area contributed by atoms with Gasteiger partial charge in [0, 0.05) is 19.0 Å². The number of pyridine rings is 1. The molecule has 2 heterocycles. The third-order valence-electron chi connectivity index (χ3n) is 3.08. The molecule has 1 saturated heterocycles. The van der Waals surface area contributed by atoms with Gasteiger partial charge in [0.05, 0.1) is 6.10 Å². The van der Waals surface area contributed by atoms with Crippen LogP contribution in [-0.4, -0.2) is 29.3 Å². The minimum atomic E-state index is -0.274. The minimum Gasteiger partial charge on any atom is -0.393 e. The number of rotatable bonds is 2. The Kier molecular flexibility index (Phi) is 3.07. The first-order valence-corrected chi connectivity index (χ1v) is 5.51. The van der Waals surface area contributed by atoms with Gasteiger partial charge in [-0.1, -0.05) is 6.07 Å². The van der Waals surface area contributed by atoms with Crippen LogP contribution >= 0.6 is 0 Å². The molecule has 16 heavy (non-hydrogen) atoms. The van der Waals surface area contributed by atoms with E-state index in [9.17, 15) is 5.11 Å². The molecule has 2 unspecified atom stereocenters. The molecule has 0 spiro atoms. The van der Waals surface area contributed by atoms with E-state index < -0.39 is 0 Å². The van der Waals surface area contributed by atoms with Gasteiger partial charge in [-0.3, -0.25) is 0 Å². The molecule has 2 rings (SSSR count). The fourth-order valence-corrected chi connectivity index (χ4v) is 2.05. The number of nitrogens with zero attached hydrogens (tertiary/aromatic N) is 3. The average Bonchev–Trinajstić information content (AvgIpc) is 2.78. The summed E-state index contributed by atoms with van der Waals surface area (Å²) in [5.74, 6) is 1.15. The second-order valence-electron chi connectivity index (χ2n) is 4.23. The van der Waals surface area contributed by atoms with Crippen LogP contribution < -0.4 is 4.90 Å². The minimum absolute atomic E-state index is 0.274. The van der Waals surface area contributed by atoms with Crippen molar-refractivity contribution in [2.75, 3.05) is 18.0 Å². The number of hydrogen-bond acceptors (Lipinski definition) is 4. The van der Waals surface area contributed by atoms with Crippen molar-refractivity contribution in [3.63, 3.8) is 0 Å². The molecule has 2 atom stereocenters. The van der Waals surface area contributed by atoms with Gasteiger partial charge in [-0.15, -0.1) is 0 Å². The summed E-state index contributed by atoms with van der Waals surface area (Å²) in [6, 6.07) is 7.49. The number of nitriles is 1. The molecule has 0 bridgehead atoms. The van der Waals surface area contributed by atoms with E-state index in [1.165, 1.54) is 0 Å². The molecule has 0 radical (unpaired) electrons. The summed E-state index contributed by atoms with van der Waals surface area (Å²) in [5, 5.41) is 18.3. The summed E-state index contributed by atoms with van der Waals surface area (Å²) >= 11 is 0. The molecule has 4 nitrogen and oxygen atoms in total. The van der Waals surface area contributed by atoms with Crippen molar-refractivity contribution in [2.24, 2.45) is 5.92 Å². The van der Waals surface area contributed by atoms with Gasteiger partial charge in [-0.05, 0) is 25.5 Å². The van der Waals surface area contributed by atoms with E-state index in [1.807, 2.05) is 25.1 Å². The van der Waals surface area contributed by atoms with Crippen molar-refractivity contribution in [3.05, 3.63) is 23.9 Å². The van der Waals surface area contributed by atoms with Crippen LogP contribution in [0.1, 0.15) is 19.0 Å². The van der Waals surface area contributed by atoms with E-state index >= 15 is 0 Å². The Bertz CT molecular complexity index is 411. The van der Waals surface area contributed by atoms with E-state index in [1.54, 1.807) is 6.07 Å². The van der Waals surface area contributed by atoms with Crippen molar-refractivity contribution in [1.29, 1.82) is 5.26 Å². The molecule has 84 valence electrons. The van der Waals surface area contributed by atoms with Gasteiger partial charge in [0.1, 0.15) is 17.6 Å². The molecule has 1 aliphatic heterocycles. The molecule has 0 amide bonds. The van der Waals surface area contributed by atoms with Gasteiger partial charge in [-0.25, -0.2) is 4.98 Å². The standard InChI is InChI=1S/C12H15N3O/c1-9(16)10-5-6-15(8-10)12-4-2-3-11(7-13)14-12/h2-4,9-10,16H,5-6,8H2,1H3. The molecule has 0 aliphatic carbocycles. The Labute approximate surface area is 95.1 Å². The third kappa shape index (κ3) is 2.15. The lowest BCUT2D eigenvalue weighted by molar-refractivity contribution is 0.136. The maximum atomic E-state index is 9.52. The van der Waals surface area contributed by atoms with Crippen molar-refractivity contribution in [2.45, 2.75) is 19.4 Å². The van der Waals surface area contributed by atoms with Crippen LogP contribution in [0.25, 0.3) is 0 Å². The summed E-state index contributed by atoms with van der Waals surface area (Å²) in [5.41, 5.74) is 0.443. The number of aliphatic hydroxyl groups is 1. The van der Waals surface area contributed by atoms with E-state index in [0.717, 1.165) is 25.3 Å². The van der Waals surface area contributed by atoms with Gasteiger partial charge in [0.25, 0.3) is 0 Å². The lowest BCUT2D eigenvalue weighted by atomic mass is 10.0. The highest BCUT2D eigenvalue weighted by molar-refractivity contribution is 5.42. The molecule has 1 N–H and O–H groups in total. The lowest BCUT2D eigenvalue weighted by Crippen LogP contribution is -2.24. The normalized spacial score (nSPS) is 21.8. The second-order valence-corrected chi connectivity index (χ2v) is 4.23. The topological polar surface area (TPSA) is 60.1 Å². The molecule has 1 fully saturated rings. The van der Waals surface area contributed by atoms with Crippen LogP contribution in [0.2, 0.25) is 0 Å². The largest absolute Gasteiger partial charge is 0.393 e. The van der Waals surface area contributed by atoms with E-state index in [2.05, 4.69) is 9.88 Å². The maximum absolute atomic E-state index is 9.52. The zero-order valence-corrected chi connectivity index (χ0v) is 9.30. The molecule has 1 aromatic heterocycles. The molecule has 4 heteroatoms. The maximum Gasteiger partial charge on any atom is 0.142 e. The second kappa shape index (κ2) is 4.50. The van der Waals surface area contributed by atoms with Gasteiger partial charge in [0.2, 0.25) is 0 Å². The Morgan fingerprint density at radius 3 is 3.06 bits per heavy atom. The quantitative estimate of drug-likeness (QED) is 0.807. The molecule has 1 aromatic rings. The van der Waals surface area contributed by atoms with E-state index in [-0.39, 0.29) is 6.10 Å². The highest BCUT2D eigenvalue weighted by atomic mass is 16.3. The van der Waals surface area contributed by atoms with Crippen molar-refractivity contribution >= 4 is 5.82 Å². The fourth-order valence-electron chi connectivity index (χ4n) is 2.05. The van der Waals surface area contributed by atoms with Gasteiger partial charge >= 0.3 is 0 Å². The first kappa shape index (κ1) is 10.9. The zero-order valence-electron chi connectivity index (χ0n) is 9.30. The van der Waals surface area contributed by atoms with Crippen molar-refractivity contribution in [1.82, 2.24) is 4.98 Å². The van der Waals surface area contributed by atoms with E-state index in [0.29, 0.717) is 11.6 Å². The van der Waals surface area contributed by atoms with Crippen LogP contribution in [0.15, 0.2) is 18.2 Å². The highest BCUT2D eigenvalue weighted by Gasteiger charge is 2.26. The predicted molar refractivity (Wildman–Crippen MR) is 61.0 cm³/mol. The number of aromatic nitrogens is 1. The Morgan fingerprint density at radius 2 is 2.44 bits per heavy atom. The summed E-state index contributed by atoms with van der Waals surface area (Å²) in [4.78, 5) is 6.37. The molecular formula is C12H15N3O. The summed E-state index contributed by atoms with van der Waals surface area (Å²) < 4.78 is 0. The Balaban J connectivity index is 2.12. The van der Waals surface area contributed by atoms with Gasteiger partial charge in [0.15, 0.2) is 0 Å². The van der Waals surface area contributed by atoms with Crippen LogP contribution in [0.3, 0.4) is 0 Å². The summed E-state index contributed by atoms with van der Waals surface area (Å²) in [6.45, 7) is 3.55.